The van der Waals surface area contributed by atoms with Crippen LogP contribution in [0.1, 0.15) is 5.56 Å². The summed E-state index contributed by atoms with van der Waals surface area (Å²) < 4.78 is 11.8. The maximum Gasteiger partial charge on any atom is 0.262 e. The maximum atomic E-state index is 11.9. The van der Waals surface area contributed by atoms with E-state index < -0.39 is 0 Å². The summed E-state index contributed by atoms with van der Waals surface area (Å²) in [6.07, 6.45) is 0. The van der Waals surface area contributed by atoms with Crippen molar-refractivity contribution in [3.8, 4) is 11.5 Å². The van der Waals surface area contributed by atoms with Crippen molar-refractivity contribution < 1.29 is 14.3 Å². The molecular formula is C16H16INO3. The summed E-state index contributed by atoms with van der Waals surface area (Å²) in [7, 11) is 1.57. The van der Waals surface area contributed by atoms with Crippen LogP contribution in [0.4, 0.5) is 5.69 Å². The van der Waals surface area contributed by atoms with Crippen LogP contribution in [0.5, 0.6) is 11.5 Å². The predicted molar refractivity (Wildman–Crippen MR) is 91.0 cm³/mol. The highest BCUT2D eigenvalue weighted by atomic mass is 127. The second-order valence-corrected chi connectivity index (χ2v) is 5.69. The van der Waals surface area contributed by atoms with Crippen LogP contribution in [0.25, 0.3) is 0 Å². The van der Waals surface area contributed by atoms with Crippen LogP contribution in [0.15, 0.2) is 42.5 Å². The van der Waals surface area contributed by atoms with Crippen molar-refractivity contribution in [1.82, 2.24) is 0 Å². The number of rotatable bonds is 5. The monoisotopic (exact) mass is 397 g/mol. The molecule has 4 nitrogen and oxygen atoms in total. The van der Waals surface area contributed by atoms with Crippen molar-refractivity contribution in [3.05, 3.63) is 51.6 Å². The second-order valence-electron chi connectivity index (χ2n) is 4.45. The van der Waals surface area contributed by atoms with Gasteiger partial charge in [-0.3, -0.25) is 4.79 Å². The summed E-state index contributed by atoms with van der Waals surface area (Å²) in [4.78, 5) is 11.9. The molecule has 1 N–H and O–H groups in total. The maximum absolute atomic E-state index is 11.9. The topological polar surface area (TPSA) is 47.6 Å². The number of carbonyl (C=O) groups is 1. The van der Waals surface area contributed by atoms with Gasteiger partial charge in [-0.05, 0) is 65.4 Å². The third-order valence-electron chi connectivity index (χ3n) is 2.89. The number of anilines is 1. The Hall–Kier alpha value is -1.76. The van der Waals surface area contributed by atoms with Gasteiger partial charge >= 0.3 is 0 Å². The van der Waals surface area contributed by atoms with Crippen LogP contribution in [-0.4, -0.2) is 19.6 Å². The summed E-state index contributed by atoms with van der Waals surface area (Å²) in [5.74, 6) is 0.954. The third kappa shape index (κ3) is 4.35. The fourth-order valence-electron chi connectivity index (χ4n) is 1.83. The average Bonchev–Trinajstić information content (AvgIpc) is 2.48. The van der Waals surface area contributed by atoms with Crippen molar-refractivity contribution in [2.24, 2.45) is 0 Å². The van der Waals surface area contributed by atoms with Crippen molar-refractivity contribution in [1.29, 1.82) is 0 Å². The molecule has 2 rings (SSSR count). The minimum Gasteiger partial charge on any atom is -0.493 e. The lowest BCUT2D eigenvalue weighted by molar-refractivity contribution is -0.118. The van der Waals surface area contributed by atoms with Crippen molar-refractivity contribution in [2.75, 3.05) is 19.0 Å². The lowest BCUT2D eigenvalue weighted by Crippen LogP contribution is -2.20. The lowest BCUT2D eigenvalue weighted by Gasteiger charge is -2.11. The van der Waals surface area contributed by atoms with Gasteiger partial charge < -0.3 is 14.8 Å². The molecule has 0 spiro atoms. The van der Waals surface area contributed by atoms with Gasteiger partial charge in [-0.15, -0.1) is 0 Å². The van der Waals surface area contributed by atoms with Crippen LogP contribution < -0.4 is 14.8 Å². The van der Waals surface area contributed by atoms with Gasteiger partial charge in [0.15, 0.2) is 18.1 Å². The van der Waals surface area contributed by atoms with Crippen LogP contribution in [0.2, 0.25) is 0 Å². The predicted octanol–water partition coefficient (Wildman–Crippen LogP) is 3.63. The molecule has 110 valence electrons. The molecule has 0 radical (unpaired) electrons. The number of carbonyl (C=O) groups excluding carboxylic acids is 1. The largest absolute Gasteiger partial charge is 0.493 e. The van der Waals surface area contributed by atoms with E-state index >= 15 is 0 Å². The van der Waals surface area contributed by atoms with E-state index in [9.17, 15) is 4.79 Å². The number of para-hydroxylation sites is 2. The summed E-state index contributed by atoms with van der Waals surface area (Å²) in [6.45, 7) is 1.89. The summed E-state index contributed by atoms with van der Waals surface area (Å²) >= 11 is 2.24. The fourth-order valence-corrected chi connectivity index (χ4v) is 2.48. The first kappa shape index (κ1) is 15.6. The Kier molecular flexibility index (Phi) is 5.44. The normalized spacial score (nSPS) is 10.0. The van der Waals surface area contributed by atoms with Gasteiger partial charge in [0.05, 0.1) is 7.11 Å². The van der Waals surface area contributed by atoms with Gasteiger partial charge in [-0.25, -0.2) is 0 Å². The van der Waals surface area contributed by atoms with Crippen molar-refractivity contribution >= 4 is 34.2 Å². The molecule has 0 saturated carbocycles. The summed E-state index contributed by atoms with van der Waals surface area (Å²) in [6, 6.07) is 13.1. The van der Waals surface area contributed by atoms with E-state index in [1.807, 2.05) is 37.3 Å². The average molecular weight is 397 g/mol. The number of hydrogen-bond donors (Lipinski definition) is 1. The zero-order valence-corrected chi connectivity index (χ0v) is 14.0. The highest BCUT2D eigenvalue weighted by Gasteiger charge is 2.08. The molecule has 0 aliphatic rings. The Morgan fingerprint density at radius 1 is 1.19 bits per heavy atom. The number of aryl methyl sites for hydroxylation is 1. The van der Waals surface area contributed by atoms with Gasteiger partial charge in [-0.1, -0.05) is 12.1 Å². The fraction of sp³-hybridized carbons (Fsp3) is 0.188. The van der Waals surface area contributed by atoms with Crippen LogP contribution >= 0.6 is 22.6 Å². The summed E-state index contributed by atoms with van der Waals surface area (Å²) in [5.41, 5.74) is 1.82. The number of halogens is 1. The molecule has 0 aromatic heterocycles. The Balaban J connectivity index is 1.96. The van der Waals surface area contributed by atoms with E-state index in [1.54, 1.807) is 19.2 Å². The van der Waals surface area contributed by atoms with Crippen LogP contribution in [-0.2, 0) is 4.79 Å². The standard InChI is InChI=1S/C16H16INO3/c1-11-9-12(17)7-8-13(11)18-16(19)10-21-15-6-4-3-5-14(15)20-2/h3-9H,10H2,1-2H3,(H,18,19). The number of amides is 1. The first-order chi connectivity index (χ1) is 10.1. The summed E-state index contributed by atoms with van der Waals surface area (Å²) in [5, 5.41) is 2.84. The Morgan fingerprint density at radius 2 is 1.90 bits per heavy atom. The number of methoxy groups -OCH3 is 1. The van der Waals surface area contributed by atoms with E-state index in [-0.39, 0.29) is 12.5 Å². The molecule has 0 aliphatic carbocycles. The zero-order chi connectivity index (χ0) is 15.2. The van der Waals surface area contributed by atoms with E-state index in [2.05, 4.69) is 27.9 Å². The first-order valence-corrected chi connectivity index (χ1v) is 7.50. The van der Waals surface area contributed by atoms with Crippen LogP contribution in [0.3, 0.4) is 0 Å². The van der Waals surface area contributed by atoms with Gasteiger partial charge in [0.1, 0.15) is 0 Å². The minimum absolute atomic E-state index is 0.0637. The zero-order valence-electron chi connectivity index (χ0n) is 11.9. The Labute approximate surface area is 137 Å². The number of hydrogen-bond acceptors (Lipinski definition) is 3. The second kappa shape index (κ2) is 7.31. The lowest BCUT2D eigenvalue weighted by atomic mass is 10.2. The molecule has 1 amide bonds. The molecule has 0 saturated heterocycles. The van der Waals surface area contributed by atoms with E-state index in [1.165, 1.54) is 0 Å². The Morgan fingerprint density at radius 3 is 2.57 bits per heavy atom. The molecule has 0 unspecified atom stereocenters. The number of nitrogens with one attached hydrogen (secondary N) is 1. The van der Waals surface area contributed by atoms with E-state index in [4.69, 9.17) is 9.47 Å². The SMILES string of the molecule is COc1ccccc1OCC(=O)Nc1ccc(I)cc1C. The smallest absolute Gasteiger partial charge is 0.262 e. The molecule has 5 heteroatoms. The first-order valence-electron chi connectivity index (χ1n) is 6.42. The van der Waals surface area contributed by atoms with Gasteiger partial charge in [0.25, 0.3) is 5.91 Å². The van der Waals surface area contributed by atoms with Gasteiger partial charge in [0, 0.05) is 9.26 Å². The quantitative estimate of drug-likeness (QED) is 0.785. The highest BCUT2D eigenvalue weighted by molar-refractivity contribution is 14.1. The van der Waals surface area contributed by atoms with Gasteiger partial charge in [0.2, 0.25) is 0 Å². The number of ether oxygens (including phenoxy) is 2. The molecule has 2 aromatic carbocycles. The molecule has 0 heterocycles. The third-order valence-corrected chi connectivity index (χ3v) is 3.56. The van der Waals surface area contributed by atoms with Crippen LogP contribution in [0, 0.1) is 10.5 Å². The molecule has 0 atom stereocenters. The molecular weight excluding hydrogens is 381 g/mol. The minimum atomic E-state index is -0.204. The molecule has 0 bridgehead atoms. The number of benzene rings is 2. The highest BCUT2D eigenvalue weighted by Crippen LogP contribution is 2.25. The van der Waals surface area contributed by atoms with Crippen molar-refractivity contribution in [2.45, 2.75) is 6.92 Å². The molecule has 0 aliphatic heterocycles. The Bertz CT molecular complexity index is 643. The van der Waals surface area contributed by atoms with E-state index in [0.29, 0.717) is 11.5 Å². The molecule has 2 aromatic rings. The van der Waals surface area contributed by atoms with E-state index in [0.717, 1.165) is 14.8 Å². The van der Waals surface area contributed by atoms with Crippen molar-refractivity contribution in [3.63, 3.8) is 0 Å². The molecule has 21 heavy (non-hydrogen) atoms. The molecule has 0 fully saturated rings. The van der Waals surface area contributed by atoms with Gasteiger partial charge in [-0.2, -0.15) is 0 Å².